The van der Waals surface area contributed by atoms with Crippen LogP contribution in [0, 0.1) is 5.92 Å². The van der Waals surface area contributed by atoms with Crippen molar-refractivity contribution in [3.63, 3.8) is 0 Å². The topological polar surface area (TPSA) is 12.0 Å². The molecular weight excluding hydrogens is 262 g/mol. The molecule has 0 amide bonds. The third-order valence-corrected chi connectivity index (χ3v) is 3.83. The first kappa shape index (κ1) is 12.1. The summed E-state index contributed by atoms with van der Waals surface area (Å²) < 4.78 is 1.18. The maximum absolute atomic E-state index is 3.64. The summed E-state index contributed by atoms with van der Waals surface area (Å²) >= 11 is 3.54. The van der Waals surface area contributed by atoms with E-state index in [0.717, 1.165) is 12.3 Å². The maximum atomic E-state index is 3.64. The van der Waals surface area contributed by atoms with Crippen molar-refractivity contribution >= 4 is 15.9 Å². The number of hydrogen-bond acceptors (Lipinski definition) is 1. The Balaban J connectivity index is 2.06. The molecule has 1 unspecified atom stereocenters. The largest absolute Gasteiger partial charge is 0.311 e. The fourth-order valence-corrected chi connectivity index (χ4v) is 3.14. The first-order valence-electron chi connectivity index (χ1n) is 6.09. The van der Waals surface area contributed by atoms with Crippen LogP contribution >= 0.6 is 15.9 Å². The molecule has 1 N–H and O–H groups in total. The number of rotatable bonds is 4. The van der Waals surface area contributed by atoms with Gasteiger partial charge >= 0.3 is 0 Å². The molecule has 0 aliphatic carbocycles. The third kappa shape index (κ3) is 2.86. The summed E-state index contributed by atoms with van der Waals surface area (Å²) in [5, 5.41) is 3.64. The zero-order valence-electron chi connectivity index (χ0n) is 10.1. The second kappa shape index (κ2) is 4.89. The first-order valence-corrected chi connectivity index (χ1v) is 6.88. The molecular formula is C14H20BrN. The van der Waals surface area contributed by atoms with Gasteiger partial charge in [0, 0.05) is 10.0 Å². The molecule has 16 heavy (non-hydrogen) atoms. The molecule has 2 rings (SSSR count). The molecule has 1 saturated heterocycles. The van der Waals surface area contributed by atoms with Crippen LogP contribution in [0.1, 0.15) is 32.3 Å². The first-order chi connectivity index (χ1) is 7.60. The highest BCUT2D eigenvalue weighted by Gasteiger charge is 2.36. The molecule has 1 heterocycles. The minimum absolute atomic E-state index is 0.370. The Morgan fingerprint density at radius 1 is 1.44 bits per heavy atom. The van der Waals surface area contributed by atoms with Gasteiger partial charge in [-0.2, -0.15) is 0 Å². The van der Waals surface area contributed by atoms with E-state index < -0.39 is 0 Å². The third-order valence-electron chi connectivity index (χ3n) is 3.33. The summed E-state index contributed by atoms with van der Waals surface area (Å²) in [6.45, 7) is 5.80. The van der Waals surface area contributed by atoms with Gasteiger partial charge in [0.2, 0.25) is 0 Å². The summed E-state index contributed by atoms with van der Waals surface area (Å²) in [6.07, 6.45) is 3.75. The van der Waals surface area contributed by atoms with Crippen molar-refractivity contribution in [2.45, 2.75) is 38.6 Å². The van der Waals surface area contributed by atoms with E-state index in [4.69, 9.17) is 0 Å². The van der Waals surface area contributed by atoms with Crippen molar-refractivity contribution in [1.29, 1.82) is 0 Å². The molecule has 2 heteroatoms. The standard InChI is InChI=1S/C14H20BrN/c1-11(2)9-14(6-7-16-14)10-12-4-3-5-13(15)8-12/h3-5,8,11,16H,6-7,9-10H2,1-2H3. The second-order valence-electron chi connectivity index (χ2n) is 5.36. The molecule has 1 fully saturated rings. The minimum atomic E-state index is 0.370. The molecule has 0 aromatic heterocycles. The van der Waals surface area contributed by atoms with Crippen LogP contribution in [0.3, 0.4) is 0 Å². The van der Waals surface area contributed by atoms with Crippen LogP contribution in [0.4, 0.5) is 0 Å². The van der Waals surface area contributed by atoms with Crippen molar-refractivity contribution in [3.8, 4) is 0 Å². The minimum Gasteiger partial charge on any atom is -0.311 e. The zero-order valence-corrected chi connectivity index (χ0v) is 11.7. The van der Waals surface area contributed by atoms with Crippen LogP contribution < -0.4 is 5.32 Å². The number of nitrogens with one attached hydrogen (secondary N) is 1. The van der Waals surface area contributed by atoms with Crippen molar-refractivity contribution in [2.24, 2.45) is 5.92 Å². The molecule has 0 radical (unpaired) electrons. The summed E-state index contributed by atoms with van der Waals surface area (Å²) in [5.74, 6) is 0.764. The summed E-state index contributed by atoms with van der Waals surface area (Å²) in [4.78, 5) is 0. The van der Waals surface area contributed by atoms with Crippen LogP contribution in [-0.2, 0) is 6.42 Å². The molecule has 1 aliphatic heterocycles. The average Bonchev–Trinajstić information content (AvgIpc) is 2.13. The second-order valence-corrected chi connectivity index (χ2v) is 6.28. The average molecular weight is 282 g/mol. The maximum Gasteiger partial charge on any atom is 0.0236 e. The molecule has 0 saturated carbocycles. The summed E-state index contributed by atoms with van der Waals surface area (Å²) in [7, 11) is 0. The van der Waals surface area contributed by atoms with E-state index in [1.54, 1.807) is 0 Å². The Kier molecular flexibility index (Phi) is 3.70. The zero-order chi connectivity index (χ0) is 11.6. The quantitative estimate of drug-likeness (QED) is 0.886. The van der Waals surface area contributed by atoms with Gasteiger partial charge < -0.3 is 5.32 Å². The summed E-state index contributed by atoms with van der Waals surface area (Å²) in [6, 6.07) is 8.68. The van der Waals surface area contributed by atoms with E-state index in [1.807, 2.05) is 0 Å². The molecule has 0 spiro atoms. The van der Waals surface area contributed by atoms with Crippen molar-refractivity contribution in [3.05, 3.63) is 34.3 Å². The Morgan fingerprint density at radius 2 is 2.19 bits per heavy atom. The number of benzene rings is 1. The van der Waals surface area contributed by atoms with Crippen molar-refractivity contribution in [1.82, 2.24) is 5.32 Å². The molecule has 1 nitrogen and oxygen atoms in total. The molecule has 88 valence electrons. The van der Waals surface area contributed by atoms with Crippen LogP contribution in [-0.4, -0.2) is 12.1 Å². The van der Waals surface area contributed by atoms with Gasteiger partial charge in [-0.05, 0) is 49.4 Å². The highest BCUT2D eigenvalue weighted by Crippen LogP contribution is 2.31. The lowest BCUT2D eigenvalue weighted by Gasteiger charge is -2.45. The van der Waals surface area contributed by atoms with Crippen LogP contribution in [0.2, 0.25) is 0 Å². The smallest absolute Gasteiger partial charge is 0.0236 e. The van der Waals surface area contributed by atoms with Gasteiger partial charge in [0.05, 0.1) is 0 Å². The highest BCUT2D eigenvalue weighted by molar-refractivity contribution is 9.10. The molecule has 1 aromatic rings. The van der Waals surface area contributed by atoms with E-state index in [1.165, 1.54) is 29.4 Å². The lowest BCUT2D eigenvalue weighted by Crippen LogP contribution is -2.59. The molecule has 1 atom stereocenters. The van der Waals surface area contributed by atoms with E-state index in [2.05, 4.69) is 59.4 Å². The van der Waals surface area contributed by atoms with E-state index in [9.17, 15) is 0 Å². The Hall–Kier alpha value is -0.340. The van der Waals surface area contributed by atoms with Gasteiger partial charge in [-0.1, -0.05) is 41.9 Å². The van der Waals surface area contributed by atoms with Crippen LogP contribution in [0.5, 0.6) is 0 Å². The van der Waals surface area contributed by atoms with E-state index in [-0.39, 0.29) is 0 Å². The van der Waals surface area contributed by atoms with Crippen LogP contribution in [0.25, 0.3) is 0 Å². The van der Waals surface area contributed by atoms with Gasteiger partial charge in [0.15, 0.2) is 0 Å². The molecule has 1 aromatic carbocycles. The Bertz CT molecular complexity index is 356. The fourth-order valence-electron chi connectivity index (χ4n) is 2.69. The normalized spacial score (nSPS) is 24.5. The Labute approximate surface area is 107 Å². The number of halogens is 1. The van der Waals surface area contributed by atoms with E-state index >= 15 is 0 Å². The molecule has 1 aliphatic rings. The number of hydrogen-bond donors (Lipinski definition) is 1. The van der Waals surface area contributed by atoms with Gasteiger partial charge in [-0.3, -0.25) is 0 Å². The van der Waals surface area contributed by atoms with Crippen LogP contribution in [0.15, 0.2) is 28.7 Å². The lowest BCUT2D eigenvalue weighted by molar-refractivity contribution is 0.168. The molecule has 0 bridgehead atoms. The lowest BCUT2D eigenvalue weighted by atomic mass is 9.76. The predicted molar refractivity (Wildman–Crippen MR) is 72.7 cm³/mol. The van der Waals surface area contributed by atoms with Crippen molar-refractivity contribution < 1.29 is 0 Å². The van der Waals surface area contributed by atoms with Gasteiger partial charge in [-0.25, -0.2) is 0 Å². The SMILES string of the molecule is CC(C)CC1(Cc2cccc(Br)c2)CCN1. The highest BCUT2D eigenvalue weighted by atomic mass is 79.9. The fraction of sp³-hybridized carbons (Fsp3) is 0.571. The van der Waals surface area contributed by atoms with Gasteiger partial charge in [-0.15, -0.1) is 0 Å². The monoisotopic (exact) mass is 281 g/mol. The Morgan fingerprint density at radius 3 is 2.69 bits per heavy atom. The van der Waals surface area contributed by atoms with Gasteiger partial charge in [0.1, 0.15) is 0 Å². The predicted octanol–water partition coefficient (Wildman–Crippen LogP) is 3.77. The van der Waals surface area contributed by atoms with Gasteiger partial charge in [0.25, 0.3) is 0 Å². The summed E-state index contributed by atoms with van der Waals surface area (Å²) in [5.41, 5.74) is 1.80. The van der Waals surface area contributed by atoms with Crippen molar-refractivity contribution in [2.75, 3.05) is 6.54 Å². The van der Waals surface area contributed by atoms with E-state index in [0.29, 0.717) is 5.54 Å².